The summed E-state index contributed by atoms with van der Waals surface area (Å²) in [5, 5.41) is 43.6. The van der Waals surface area contributed by atoms with E-state index < -0.39 is 36.9 Å². The maximum atomic E-state index is 12.5. The van der Waals surface area contributed by atoms with Gasteiger partial charge in [0.1, 0.15) is 12.2 Å². The van der Waals surface area contributed by atoms with Gasteiger partial charge >= 0.3 is 0 Å². The Hall–Kier alpha value is -1.47. The zero-order valence-electron chi connectivity index (χ0n) is 33.6. The quantitative estimate of drug-likeness (QED) is 0.0321. The fraction of sp³-hybridized carbons (Fsp3) is 0.844. The van der Waals surface area contributed by atoms with Crippen LogP contribution < -0.4 is 5.32 Å². The number of hydrogen-bond acceptors (Lipinski definition) is 5. The van der Waals surface area contributed by atoms with Crippen molar-refractivity contribution in [2.24, 2.45) is 0 Å². The molecule has 6 heteroatoms. The molecule has 0 aromatic heterocycles. The van der Waals surface area contributed by atoms with E-state index in [0.29, 0.717) is 12.8 Å². The third-order valence-corrected chi connectivity index (χ3v) is 10.1. The van der Waals surface area contributed by atoms with Crippen LogP contribution in [0.2, 0.25) is 0 Å². The molecule has 0 aromatic carbocycles. The molecule has 0 aliphatic carbocycles. The first kappa shape index (κ1) is 49.5. The van der Waals surface area contributed by atoms with Gasteiger partial charge in [0.15, 0.2) is 0 Å². The Labute approximate surface area is 316 Å². The van der Waals surface area contributed by atoms with Crippen molar-refractivity contribution in [3.63, 3.8) is 0 Å². The number of hydrogen-bond donors (Lipinski definition) is 5. The topological polar surface area (TPSA) is 110 Å². The van der Waals surface area contributed by atoms with Gasteiger partial charge in [-0.25, -0.2) is 0 Å². The summed E-state index contributed by atoms with van der Waals surface area (Å²) in [6.07, 6.45) is 46.0. The molecule has 0 radical (unpaired) electrons. The Kier molecular flexibility index (Phi) is 38.6. The number of allylic oxidation sites excluding steroid dienone is 6. The molecule has 0 bridgehead atoms. The molecule has 0 aliphatic rings. The number of unbranched alkanes of at least 4 members (excludes halogenated alkanes) is 24. The van der Waals surface area contributed by atoms with Crippen molar-refractivity contribution in [1.29, 1.82) is 0 Å². The fourth-order valence-electron chi connectivity index (χ4n) is 6.55. The van der Waals surface area contributed by atoms with Gasteiger partial charge in [-0.2, -0.15) is 0 Å². The first-order valence-corrected chi connectivity index (χ1v) is 21.9. The van der Waals surface area contributed by atoms with E-state index in [4.69, 9.17) is 0 Å². The molecule has 51 heavy (non-hydrogen) atoms. The van der Waals surface area contributed by atoms with Crippen molar-refractivity contribution in [2.45, 2.75) is 237 Å². The van der Waals surface area contributed by atoms with Gasteiger partial charge in [-0.15, -0.1) is 0 Å². The SMILES string of the molecule is CCCCC/C=C\C/C=C\CCCCCCCCC(O)C(=O)NC(CO)C(O)C(O)CCC/C=C/CCCCCCCCCCCCCCCC. The van der Waals surface area contributed by atoms with E-state index in [1.165, 1.54) is 128 Å². The van der Waals surface area contributed by atoms with E-state index in [2.05, 4.69) is 55.6 Å². The van der Waals surface area contributed by atoms with E-state index in [0.717, 1.165) is 57.8 Å². The summed E-state index contributed by atoms with van der Waals surface area (Å²) in [6, 6.07) is -1.01. The molecule has 0 fully saturated rings. The summed E-state index contributed by atoms with van der Waals surface area (Å²) in [5.74, 6) is -0.602. The number of aliphatic hydroxyl groups excluding tert-OH is 4. The summed E-state index contributed by atoms with van der Waals surface area (Å²) >= 11 is 0. The van der Waals surface area contributed by atoms with Crippen LogP contribution >= 0.6 is 0 Å². The normalized spacial score (nSPS) is 14.5. The van der Waals surface area contributed by atoms with Crippen LogP contribution in [0.4, 0.5) is 0 Å². The van der Waals surface area contributed by atoms with Gasteiger partial charge in [0.2, 0.25) is 5.91 Å². The van der Waals surface area contributed by atoms with Crippen LogP contribution in [0, 0.1) is 0 Å². The molecule has 300 valence electrons. The molecule has 4 unspecified atom stereocenters. The zero-order valence-corrected chi connectivity index (χ0v) is 33.6. The van der Waals surface area contributed by atoms with Crippen molar-refractivity contribution >= 4 is 5.91 Å². The number of rotatable bonds is 39. The van der Waals surface area contributed by atoms with Crippen molar-refractivity contribution in [2.75, 3.05) is 6.61 Å². The molecule has 0 spiro atoms. The van der Waals surface area contributed by atoms with Gasteiger partial charge in [-0.3, -0.25) is 4.79 Å². The molecule has 0 rings (SSSR count). The Morgan fingerprint density at radius 3 is 1.33 bits per heavy atom. The molecule has 0 saturated heterocycles. The van der Waals surface area contributed by atoms with Crippen molar-refractivity contribution in [1.82, 2.24) is 5.32 Å². The van der Waals surface area contributed by atoms with E-state index in [1.807, 2.05) is 0 Å². The predicted octanol–water partition coefficient (Wildman–Crippen LogP) is 11.3. The van der Waals surface area contributed by atoms with Crippen molar-refractivity contribution in [3.8, 4) is 0 Å². The number of amides is 1. The Balaban J connectivity index is 3.80. The summed E-state index contributed by atoms with van der Waals surface area (Å²) in [7, 11) is 0. The lowest BCUT2D eigenvalue weighted by Gasteiger charge is -2.27. The average Bonchev–Trinajstić information content (AvgIpc) is 3.13. The van der Waals surface area contributed by atoms with Gasteiger partial charge in [0, 0.05) is 0 Å². The lowest BCUT2D eigenvalue weighted by atomic mass is 10.00. The Morgan fingerprint density at radius 2 is 0.863 bits per heavy atom. The highest BCUT2D eigenvalue weighted by molar-refractivity contribution is 5.80. The second-order valence-electron chi connectivity index (χ2n) is 15.0. The van der Waals surface area contributed by atoms with E-state index in [9.17, 15) is 25.2 Å². The van der Waals surface area contributed by atoms with Gasteiger partial charge < -0.3 is 25.7 Å². The fourth-order valence-corrected chi connectivity index (χ4v) is 6.55. The minimum absolute atomic E-state index is 0.350. The minimum Gasteiger partial charge on any atom is -0.394 e. The standard InChI is InChI=1S/C45H85NO5/c1-3-5-7-9-11-13-15-17-19-21-22-23-25-26-28-30-32-34-36-38-42(48)44(50)41(40-47)46-45(51)43(49)39-37-35-33-31-29-27-24-20-18-16-14-12-10-8-6-4-2/h12,14,18,20,30,32,41-44,47-50H,3-11,13,15-17,19,21-29,31,33-40H2,1-2H3,(H,46,51)/b14-12-,20-18-,32-30+. The first-order chi connectivity index (χ1) is 25.0. The van der Waals surface area contributed by atoms with E-state index >= 15 is 0 Å². The van der Waals surface area contributed by atoms with Gasteiger partial charge in [0.25, 0.3) is 0 Å². The van der Waals surface area contributed by atoms with Crippen LogP contribution in [0.15, 0.2) is 36.5 Å². The Bertz CT molecular complexity index is 812. The summed E-state index contributed by atoms with van der Waals surface area (Å²) in [4.78, 5) is 12.5. The van der Waals surface area contributed by atoms with Crippen molar-refractivity contribution < 1.29 is 25.2 Å². The number of aliphatic hydroxyl groups is 4. The molecular weight excluding hydrogens is 634 g/mol. The third kappa shape index (κ3) is 34.1. The lowest BCUT2D eigenvalue weighted by molar-refractivity contribution is -0.132. The average molecular weight is 720 g/mol. The highest BCUT2D eigenvalue weighted by Crippen LogP contribution is 2.15. The van der Waals surface area contributed by atoms with Crippen LogP contribution in [0.5, 0.6) is 0 Å². The molecule has 0 aliphatic heterocycles. The minimum atomic E-state index is -1.28. The number of nitrogens with one attached hydrogen (secondary N) is 1. The molecule has 4 atom stereocenters. The van der Waals surface area contributed by atoms with Crippen LogP contribution in [-0.4, -0.2) is 57.3 Å². The monoisotopic (exact) mass is 720 g/mol. The summed E-state index contributed by atoms with van der Waals surface area (Å²) < 4.78 is 0. The van der Waals surface area contributed by atoms with Crippen molar-refractivity contribution in [3.05, 3.63) is 36.5 Å². The molecule has 0 saturated carbocycles. The second-order valence-corrected chi connectivity index (χ2v) is 15.0. The highest BCUT2D eigenvalue weighted by Gasteiger charge is 2.28. The zero-order chi connectivity index (χ0) is 37.5. The molecule has 0 heterocycles. The third-order valence-electron chi connectivity index (χ3n) is 10.1. The maximum absolute atomic E-state index is 12.5. The molecular formula is C45H85NO5. The van der Waals surface area contributed by atoms with Gasteiger partial charge in [-0.1, -0.05) is 179 Å². The van der Waals surface area contributed by atoms with Crippen LogP contribution in [0.3, 0.4) is 0 Å². The van der Waals surface area contributed by atoms with Crippen LogP contribution in [0.1, 0.15) is 213 Å². The Morgan fingerprint density at radius 1 is 0.490 bits per heavy atom. The molecule has 0 aromatic rings. The predicted molar refractivity (Wildman–Crippen MR) is 219 cm³/mol. The van der Waals surface area contributed by atoms with Gasteiger partial charge in [-0.05, 0) is 70.6 Å². The summed E-state index contributed by atoms with van der Waals surface area (Å²) in [6.45, 7) is 4.01. The highest BCUT2D eigenvalue weighted by atomic mass is 16.3. The van der Waals surface area contributed by atoms with E-state index in [-0.39, 0.29) is 0 Å². The smallest absolute Gasteiger partial charge is 0.249 e. The number of carbonyl (C=O) groups excluding carboxylic acids is 1. The second kappa shape index (κ2) is 39.7. The molecule has 1 amide bonds. The number of carbonyl (C=O) groups is 1. The first-order valence-electron chi connectivity index (χ1n) is 21.9. The molecule has 5 N–H and O–H groups in total. The van der Waals surface area contributed by atoms with Gasteiger partial charge in [0.05, 0.1) is 18.8 Å². The lowest BCUT2D eigenvalue weighted by Crippen LogP contribution is -2.53. The molecule has 6 nitrogen and oxygen atoms in total. The largest absolute Gasteiger partial charge is 0.394 e. The van der Waals surface area contributed by atoms with Crippen LogP contribution in [-0.2, 0) is 4.79 Å². The van der Waals surface area contributed by atoms with E-state index in [1.54, 1.807) is 0 Å². The maximum Gasteiger partial charge on any atom is 0.249 e. The summed E-state index contributed by atoms with van der Waals surface area (Å²) in [5.41, 5.74) is 0. The van der Waals surface area contributed by atoms with Crippen LogP contribution in [0.25, 0.3) is 0 Å².